The van der Waals surface area contributed by atoms with Gasteiger partial charge in [0.05, 0.1) is 6.85 Å². The van der Waals surface area contributed by atoms with Crippen molar-refractivity contribution in [2.45, 2.75) is 56.9 Å². The van der Waals surface area contributed by atoms with Crippen LogP contribution < -0.4 is 0 Å². The number of likely N-dealkylation sites (tertiary alicyclic amines) is 1. The van der Waals surface area contributed by atoms with Crippen LogP contribution in [0.15, 0.2) is 30.2 Å². The van der Waals surface area contributed by atoms with E-state index in [4.69, 9.17) is 6.85 Å². The smallest absolute Gasteiger partial charge is 0.0626 e. The summed E-state index contributed by atoms with van der Waals surface area (Å²) in [6.45, 7) is 1.95. The van der Waals surface area contributed by atoms with Crippen LogP contribution in [0.2, 0.25) is 0 Å². The van der Waals surface area contributed by atoms with Gasteiger partial charge in [-0.3, -0.25) is 4.90 Å². The summed E-state index contributed by atoms with van der Waals surface area (Å²) in [5.41, 5.74) is 0.177. The molecule has 0 radical (unpaired) electrons. The Balaban J connectivity index is 0.00000208. The molecule has 1 saturated carbocycles. The van der Waals surface area contributed by atoms with Crippen molar-refractivity contribution >= 4 is 12.4 Å². The molecule has 1 aliphatic heterocycles. The average Bonchev–Trinajstić information content (AvgIpc) is 2.60. The summed E-state index contributed by atoms with van der Waals surface area (Å²) >= 11 is 0. The maximum atomic E-state index is 8.42. The van der Waals surface area contributed by atoms with Gasteiger partial charge in [0.25, 0.3) is 0 Å². The van der Waals surface area contributed by atoms with Gasteiger partial charge in [-0.1, -0.05) is 55.9 Å². The highest BCUT2D eigenvalue weighted by molar-refractivity contribution is 5.85. The van der Waals surface area contributed by atoms with Gasteiger partial charge in [-0.25, -0.2) is 0 Å². The van der Waals surface area contributed by atoms with Crippen LogP contribution in [-0.2, 0) is 5.54 Å². The summed E-state index contributed by atoms with van der Waals surface area (Å²) in [5, 5.41) is 0. The molecule has 106 valence electrons. The third-order valence-electron chi connectivity index (χ3n) is 4.61. The average molecular weight is 285 g/mol. The van der Waals surface area contributed by atoms with E-state index in [0.717, 1.165) is 51.6 Å². The summed E-state index contributed by atoms with van der Waals surface area (Å²) in [5.74, 6) is 0. The lowest BCUT2D eigenvalue weighted by Crippen LogP contribution is -2.49. The van der Waals surface area contributed by atoms with Crippen molar-refractivity contribution in [3.05, 3.63) is 35.8 Å². The number of hydrogen-bond acceptors (Lipinski definition) is 1. The zero-order chi connectivity index (χ0) is 16.6. The van der Waals surface area contributed by atoms with Gasteiger partial charge in [0, 0.05) is 5.54 Å². The molecule has 19 heavy (non-hydrogen) atoms. The van der Waals surface area contributed by atoms with E-state index in [1.54, 1.807) is 0 Å². The Bertz CT molecular complexity index is 566. The highest BCUT2D eigenvalue weighted by atomic mass is 35.5. The van der Waals surface area contributed by atoms with Gasteiger partial charge in [-0.2, -0.15) is 0 Å². The first-order valence-corrected chi connectivity index (χ1v) is 7.31. The molecule has 1 aromatic rings. The van der Waals surface area contributed by atoms with E-state index in [-0.39, 0.29) is 48.2 Å². The Morgan fingerprint density at radius 1 is 0.842 bits per heavy atom. The lowest BCUT2D eigenvalue weighted by molar-refractivity contribution is 0.0303. The molecule has 2 fully saturated rings. The minimum Gasteiger partial charge on any atom is -0.294 e. The molecule has 1 saturated heterocycles. The standard InChI is InChI=1S/C17H25N.ClH/c1-4-10-16(11-5-1)17(12-6-2-7-13-17)18-14-8-3-9-15-18;/h1,4-5,10-11H,2-3,6-9,12-15H2;1H/i1D,4D,5D,10D,11D;. The summed E-state index contributed by atoms with van der Waals surface area (Å²) in [6.07, 6.45) is 8.63. The minimum absolute atomic E-state index is 0. The van der Waals surface area contributed by atoms with Crippen molar-refractivity contribution in [3.8, 4) is 0 Å². The monoisotopic (exact) mass is 284 g/mol. The minimum atomic E-state index is -0.369. The van der Waals surface area contributed by atoms with Crippen LogP contribution in [-0.4, -0.2) is 18.0 Å². The maximum absolute atomic E-state index is 8.42. The molecule has 0 atom stereocenters. The second kappa shape index (κ2) is 6.76. The molecule has 1 nitrogen and oxygen atoms in total. The van der Waals surface area contributed by atoms with E-state index in [1.165, 1.54) is 12.8 Å². The van der Waals surface area contributed by atoms with Crippen molar-refractivity contribution in [3.63, 3.8) is 0 Å². The molecule has 0 bridgehead atoms. The van der Waals surface area contributed by atoms with E-state index in [9.17, 15) is 0 Å². The predicted octanol–water partition coefficient (Wildman–Crippen LogP) is 4.75. The van der Waals surface area contributed by atoms with Gasteiger partial charge in [-0.15, -0.1) is 12.4 Å². The van der Waals surface area contributed by atoms with E-state index >= 15 is 0 Å². The number of benzene rings is 1. The summed E-state index contributed by atoms with van der Waals surface area (Å²) in [4.78, 5) is 2.42. The van der Waals surface area contributed by atoms with Crippen LogP contribution in [0.4, 0.5) is 0 Å². The fourth-order valence-electron chi connectivity index (χ4n) is 3.67. The number of piperidine rings is 1. The van der Waals surface area contributed by atoms with E-state index in [1.807, 2.05) is 0 Å². The van der Waals surface area contributed by atoms with Gasteiger partial charge in [0.2, 0.25) is 0 Å². The quantitative estimate of drug-likeness (QED) is 0.757. The molecule has 2 aliphatic rings. The first-order valence-electron chi connectivity index (χ1n) is 9.81. The van der Waals surface area contributed by atoms with Crippen LogP contribution in [0.25, 0.3) is 0 Å². The molecular weight excluding hydrogens is 254 g/mol. The van der Waals surface area contributed by atoms with Gasteiger partial charge < -0.3 is 0 Å². The Labute approximate surface area is 130 Å². The normalized spacial score (nSPS) is 27.3. The second-order valence-electron chi connectivity index (χ2n) is 5.64. The van der Waals surface area contributed by atoms with Crippen molar-refractivity contribution in [2.24, 2.45) is 0 Å². The van der Waals surface area contributed by atoms with Crippen molar-refractivity contribution in [1.82, 2.24) is 4.90 Å². The fourth-order valence-corrected chi connectivity index (χ4v) is 3.67. The third kappa shape index (κ3) is 2.98. The van der Waals surface area contributed by atoms with Crippen LogP contribution in [0.3, 0.4) is 0 Å². The van der Waals surface area contributed by atoms with Crippen LogP contribution in [0, 0.1) is 0 Å². The lowest BCUT2D eigenvalue weighted by Gasteiger charge is -2.48. The second-order valence-corrected chi connectivity index (χ2v) is 5.64. The van der Waals surface area contributed by atoms with Gasteiger partial charge in [0.15, 0.2) is 0 Å². The molecule has 1 aliphatic carbocycles. The Hall–Kier alpha value is -0.530. The number of rotatable bonds is 2. The molecule has 2 heteroatoms. The summed E-state index contributed by atoms with van der Waals surface area (Å²) in [7, 11) is 0. The number of hydrogen-bond donors (Lipinski definition) is 0. The van der Waals surface area contributed by atoms with Crippen molar-refractivity contribution in [2.75, 3.05) is 13.1 Å². The Kier molecular flexibility index (Phi) is 3.35. The molecule has 0 aromatic heterocycles. The zero-order valence-electron chi connectivity index (χ0n) is 16.4. The maximum Gasteiger partial charge on any atom is 0.0626 e. The van der Waals surface area contributed by atoms with Crippen molar-refractivity contribution in [1.29, 1.82) is 0 Å². The van der Waals surface area contributed by atoms with E-state index < -0.39 is 0 Å². The number of nitrogens with zero attached hydrogens (tertiary/aromatic N) is 1. The highest BCUT2D eigenvalue weighted by Crippen LogP contribution is 2.43. The molecular formula is C17H26ClN. The van der Waals surface area contributed by atoms with Crippen LogP contribution in [0.5, 0.6) is 0 Å². The van der Waals surface area contributed by atoms with Crippen LogP contribution in [0.1, 0.15) is 63.8 Å². The molecule has 1 heterocycles. The van der Waals surface area contributed by atoms with Crippen LogP contribution >= 0.6 is 12.4 Å². The molecule has 0 N–H and O–H groups in total. The lowest BCUT2D eigenvalue weighted by atomic mass is 9.74. The third-order valence-corrected chi connectivity index (χ3v) is 4.61. The fraction of sp³-hybridized carbons (Fsp3) is 0.647. The Morgan fingerprint density at radius 3 is 2.05 bits per heavy atom. The summed E-state index contributed by atoms with van der Waals surface area (Å²) in [6, 6.07) is -0.661. The molecule has 0 unspecified atom stereocenters. The SMILES string of the molecule is Cl.[2H]c1c([2H])c([2H])c(C2(N3CCCCC3)CCCCC2)c([2H])c1[2H]. The molecule has 3 rings (SSSR count). The zero-order valence-corrected chi connectivity index (χ0v) is 12.2. The number of halogens is 1. The van der Waals surface area contributed by atoms with Gasteiger partial charge in [0.1, 0.15) is 0 Å². The molecule has 0 amide bonds. The van der Waals surface area contributed by atoms with Crippen molar-refractivity contribution < 1.29 is 6.85 Å². The highest BCUT2D eigenvalue weighted by Gasteiger charge is 2.39. The predicted molar refractivity (Wildman–Crippen MR) is 83.9 cm³/mol. The summed E-state index contributed by atoms with van der Waals surface area (Å²) < 4.78 is 40.7. The largest absolute Gasteiger partial charge is 0.294 e. The van der Waals surface area contributed by atoms with Gasteiger partial charge >= 0.3 is 0 Å². The molecule has 0 spiro atoms. The van der Waals surface area contributed by atoms with E-state index in [2.05, 4.69) is 4.90 Å². The Morgan fingerprint density at radius 2 is 1.42 bits per heavy atom. The molecule has 1 aromatic carbocycles. The van der Waals surface area contributed by atoms with E-state index in [0.29, 0.717) is 5.56 Å². The first kappa shape index (κ1) is 9.41. The first-order chi connectivity index (χ1) is 11.0. The topological polar surface area (TPSA) is 3.24 Å². The van der Waals surface area contributed by atoms with Gasteiger partial charge in [-0.05, 0) is 44.3 Å².